The van der Waals surface area contributed by atoms with E-state index in [0.717, 1.165) is 5.56 Å². The number of hydrogen-bond donors (Lipinski definition) is 2. The first-order valence-corrected chi connectivity index (χ1v) is 7.61. The van der Waals surface area contributed by atoms with Crippen molar-refractivity contribution in [2.45, 2.75) is 13.5 Å². The van der Waals surface area contributed by atoms with Crippen LogP contribution in [0.3, 0.4) is 0 Å². The second kappa shape index (κ2) is 6.37. The Morgan fingerprint density at radius 1 is 1.17 bits per heavy atom. The Balaban J connectivity index is 2.01. The van der Waals surface area contributed by atoms with Crippen LogP contribution in [0.25, 0.3) is 10.9 Å². The first-order valence-electron chi connectivity index (χ1n) is 7.23. The highest BCUT2D eigenvalue weighted by Crippen LogP contribution is 2.27. The number of fused-ring (bicyclic) bond motifs is 1. The van der Waals surface area contributed by atoms with Crippen LogP contribution in [0.4, 0.5) is 0 Å². The van der Waals surface area contributed by atoms with Crippen molar-refractivity contribution in [3.05, 3.63) is 64.3 Å². The number of ketones is 1. The Bertz CT molecular complexity index is 928. The molecule has 1 aromatic heterocycles. The Hall–Kier alpha value is -2.79. The number of carboxylic acids is 1. The molecule has 0 spiro atoms. The van der Waals surface area contributed by atoms with Crippen LogP contribution in [0, 0.1) is 6.92 Å². The summed E-state index contributed by atoms with van der Waals surface area (Å²) in [4.78, 5) is 26.4. The fraction of sp³-hybridized carbons (Fsp3) is 0.111. The number of aromatic nitrogens is 1. The fourth-order valence-electron chi connectivity index (χ4n) is 2.63. The second-order valence-corrected chi connectivity index (χ2v) is 5.79. The molecule has 24 heavy (non-hydrogen) atoms. The zero-order valence-corrected chi connectivity index (χ0v) is 13.6. The molecule has 3 rings (SSSR count). The molecule has 0 aliphatic heterocycles. The molecule has 0 unspecified atom stereocenters. The third-order valence-corrected chi connectivity index (χ3v) is 3.98. The van der Waals surface area contributed by atoms with Crippen molar-refractivity contribution in [1.82, 2.24) is 4.98 Å². The number of carbonyl (C=O) groups excluding carboxylic acids is 1. The van der Waals surface area contributed by atoms with E-state index in [9.17, 15) is 9.59 Å². The van der Waals surface area contributed by atoms with Crippen molar-refractivity contribution in [3.63, 3.8) is 0 Å². The Morgan fingerprint density at radius 3 is 2.54 bits per heavy atom. The number of nitrogens with one attached hydrogen (secondary N) is 1. The Morgan fingerprint density at radius 2 is 1.88 bits per heavy atom. The summed E-state index contributed by atoms with van der Waals surface area (Å²) in [6, 6.07) is 12.3. The number of H-pyrrole nitrogens is 1. The highest BCUT2D eigenvalue weighted by molar-refractivity contribution is 6.42. The zero-order chi connectivity index (χ0) is 17.3. The lowest BCUT2D eigenvalue weighted by Crippen LogP contribution is -2.15. The molecule has 0 atom stereocenters. The molecular weight excluding hydrogens is 330 g/mol. The van der Waals surface area contributed by atoms with Gasteiger partial charge in [-0.3, -0.25) is 4.79 Å². The molecule has 3 aromatic rings. The predicted molar refractivity (Wildman–Crippen MR) is 90.8 cm³/mol. The molecule has 0 amide bonds. The molecule has 0 fully saturated rings. The summed E-state index contributed by atoms with van der Waals surface area (Å²) in [7, 11) is 0. The molecular formula is C18H14ClNO4. The molecule has 0 saturated heterocycles. The third kappa shape index (κ3) is 2.98. The number of aliphatic carboxylic acids is 1. The standard InChI is InChI=1S/C18H14ClNO4/c1-10-3-2-4-13-15(10)16(17(21)18(22)23)14(20-13)9-24-12-7-5-11(19)6-8-12/h2-8,20H,9H2,1H3,(H,22,23). The number of benzene rings is 2. The molecule has 2 N–H and O–H groups in total. The smallest absolute Gasteiger partial charge is 0.377 e. The molecule has 0 aliphatic carbocycles. The molecule has 0 saturated carbocycles. The number of aromatic amines is 1. The van der Waals surface area contributed by atoms with E-state index in [1.807, 2.05) is 19.1 Å². The van der Waals surface area contributed by atoms with Crippen LogP contribution < -0.4 is 4.74 Å². The molecule has 0 radical (unpaired) electrons. The van der Waals surface area contributed by atoms with Crippen molar-refractivity contribution in [2.24, 2.45) is 0 Å². The highest BCUT2D eigenvalue weighted by Gasteiger charge is 2.25. The van der Waals surface area contributed by atoms with Gasteiger partial charge in [0, 0.05) is 15.9 Å². The van der Waals surface area contributed by atoms with Crippen LogP contribution in [0.5, 0.6) is 5.75 Å². The summed E-state index contributed by atoms with van der Waals surface area (Å²) in [6.45, 7) is 1.88. The largest absolute Gasteiger partial charge is 0.487 e. The monoisotopic (exact) mass is 343 g/mol. The van der Waals surface area contributed by atoms with Crippen LogP contribution >= 0.6 is 11.6 Å². The van der Waals surface area contributed by atoms with E-state index < -0.39 is 11.8 Å². The van der Waals surface area contributed by atoms with Crippen molar-refractivity contribution < 1.29 is 19.4 Å². The lowest BCUT2D eigenvalue weighted by molar-refractivity contribution is -0.131. The summed E-state index contributed by atoms with van der Waals surface area (Å²) in [6.07, 6.45) is 0. The van der Waals surface area contributed by atoms with Gasteiger partial charge in [0.05, 0.1) is 11.3 Å². The maximum Gasteiger partial charge on any atom is 0.377 e. The summed E-state index contributed by atoms with van der Waals surface area (Å²) in [5.41, 5.74) is 2.10. The molecule has 0 aliphatic rings. The first-order chi connectivity index (χ1) is 11.5. The quantitative estimate of drug-likeness (QED) is 0.542. The first kappa shape index (κ1) is 16.1. The normalized spacial score (nSPS) is 10.8. The zero-order valence-electron chi connectivity index (χ0n) is 12.8. The van der Waals surface area contributed by atoms with Gasteiger partial charge in [0.2, 0.25) is 0 Å². The number of hydrogen-bond acceptors (Lipinski definition) is 3. The number of aryl methyl sites for hydroxylation is 1. The summed E-state index contributed by atoms with van der Waals surface area (Å²) in [5.74, 6) is -1.87. The van der Waals surface area contributed by atoms with Gasteiger partial charge in [-0.15, -0.1) is 0 Å². The molecule has 1 heterocycles. The minimum absolute atomic E-state index is 0.0457. The van der Waals surface area contributed by atoms with Gasteiger partial charge in [0.25, 0.3) is 5.78 Å². The number of Topliss-reactive ketones (excluding diaryl/α,β-unsaturated/α-hetero) is 1. The van der Waals surface area contributed by atoms with E-state index in [4.69, 9.17) is 21.4 Å². The molecule has 122 valence electrons. The van der Waals surface area contributed by atoms with E-state index in [-0.39, 0.29) is 12.2 Å². The number of halogens is 1. The number of carbonyl (C=O) groups is 2. The minimum Gasteiger partial charge on any atom is -0.487 e. The highest BCUT2D eigenvalue weighted by atomic mass is 35.5. The average Bonchev–Trinajstić information content (AvgIpc) is 2.93. The van der Waals surface area contributed by atoms with E-state index >= 15 is 0 Å². The Kier molecular flexibility index (Phi) is 4.27. The lowest BCUT2D eigenvalue weighted by Gasteiger charge is -2.06. The third-order valence-electron chi connectivity index (χ3n) is 3.73. The van der Waals surface area contributed by atoms with Gasteiger partial charge < -0.3 is 14.8 Å². The fourth-order valence-corrected chi connectivity index (χ4v) is 2.76. The van der Waals surface area contributed by atoms with Crippen molar-refractivity contribution in [2.75, 3.05) is 0 Å². The van der Waals surface area contributed by atoms with E-state index in [0.29, 0.717) is 27.4 Å². The Labute approximate surface area is 142 Å². The summed E-state index contributed by atoms with van der Waals surface area (Å²) >= 11 is 5.83. The van der Waals surface area contributed by atoms with Gasteiger partial charge in [0.15, 0.2) is 0 Å². The lowest BCUT2D eigenvalue weighted by atomic mass is 10.0. The van der Waals surface area contributed by atoms with Gasteiger partial charge >= 0.3 is 5.97 Å². The van der Waals surface area contributed by atoms with Gasteiger partial charge in [0.1, 0.15) is 12.4 Å². The van der Waals surface area contributed by atoms with E-state index in [1.54, 1.807) is 30.3 Å². The maximum atomic E-state index is 12.2. The summed E-state index contributed by atoms with van der Waals surface area (Å²) in [5, 5.41) is 10.3. The topological polar surface area (TPSA) is 79.4 Å². The van der Waals surface area contributed by atoms with Crippen LogP contribution in [-0.4, -0.2) is 21.8 Å². The number of ether oxygens (including phenoxy) is 1. The second-order valence-electron chi connectivity index (χ2n) is 5.35. The van der Waals surface area contributed by atoms with Crippen molar-refractivity contribution in [3.8, 4) is 5.75 Å². The van der Waals surface area contributed by atoms with Crippen LogP contribution in [0.2, 0.25) is 5.02 Å². The number of rotatable bonds is 5. The van der Waals surface area contributed by atoms with Gasteiger partial charge in [-0.25, -0.2) is 4.79 Å². The minimum atomic E-state index is -1.49. The van der Waals surface area contributed by atoms with Gasteiger partial charge in [-0.1, -0.05) is 23.7 Å². The van der Waals surface area contributed by atoms with Gasteiger partial charge in [-0.05, 0) is 42.8 Å². The van der Waals surface area contributed by atoms with Gasteiger partial charge in [-0.2, -0.15) is 0 Å². The molecule has 5 nitrogen and oxygen atoms in total. The SMILES string of the molecule is Cc1cccc2[nH]c(COc3ccc(Cl)cc3)c(C(=O)C(=O)O)c12. The molecule has 0 bridgehead atoms. The predicted octanol–water partition coefficient (Wildman–Crippen LogP) is 3.98. The van der Waals surface area contributed by atoms with E-state index in [2.05, 4.69) is 4.98 Å². The summed E-state index contributed by atoms with van der Waals surface area (Å²) < 4.78 is 5.65. The molecule has 6 heteroatoms. The van der Waals surface area contributed by atoms with Crippen molar-refractivity contribution in [1.29, 1.82) is 0 Å². The average molecular weight is 344 g/mol. The van der Waals surface area contributed by atoms with Crippen LogP contribution in [0.15, 0.2) is 42.5 Å². The van der Waals surface area contributed by atoms with Crippen LogP contribution in [0.1, 0.15) is 21.6 Å². The molecule has 2 aromatic carbocycles. The van der Waals surface area contributed by atoms with Crippen molar-refractivity contribution >= 4 is 34.3 Å². The number of carboxylic acid groups (broad SMARTS) is 1. The maximum absolute atomic E-state index is 12.2. The van der Waals surface area contributed by atoms with E-state index in [1.165, 1.54) is 0 Å². The van der Waals surface area contributed by atoms with Crippen LogP contribution in [-0.2, 0) is 11.4 Å².